The highest BCUT2D eigenvalue weighted by Gasteiger charge is 2.24. The van der Waals surface area contributed by atoms with Gasteiger partial charge in [-0.05, 0) is 0 Å². The van der Waals surface area contributed by atoms with E-state index in [1.807, 2.05) is 0 Å². The molecular formula is C7H12N2O6S. The molecule has 3 amide bonds. The molecule has 0 saturated heterocycles. The fraction of sp³-hybridized carbons (Fsp3) is 0.571. The van der Waals surface area contributed by atoms with Gasteiger partial charge in [-0.3, -0.25) is 14.9 Å². The molecule has 0 spiro atoms. The largest absolute Gasteiger partial charge is 0.481 e. The number of urea groups is 1. The molecule has 1 atom stereocenters. The van der Waals surface area contributed by atoms with E-state index in [1.165, 1.54) is 6.92 Å². The van der Waals surface area contributed by atoms with Crippen LogP contribution in [0.2, 0.25) is 0 Å². The van der Waals surface area contributed by atoms with Crippen molar-refractivity contribution in [2.75, 3.05) is 11.5 Å². The lowest BCUT2D eigenvalue weighted by molar-refractivity contribution is -0.140. The topological polar surface area (TPSA) is 144 Å². The molecule has 1 unspecified atom stereocenters. The van der Waals surface area contributed by atoms with Gasteiger partial charge in [0, 0.05) is 0 Å². The molecule has 0 radical (unpaired) electrons. The molecule has 0 aromatic heterocycles. The van der Waals surface area contributed by atoms with Crippen LogP contribution in [0.4, 0.5) is 4.79 Å². The van der Waals surface area contributed by atoms with E-state index in [2.05, 4.69) is 5.73 Å². The van der Waals surface area contributed by atoms with E-state index < -0.39 is 45.2 Å². The van der Waals surface area contributed by atoms with Gasteiger partial charge in [0.2, 0.25) is 5.91 Å². The summed E-state index contributed by atoms with van der Waals surface area (Å²) >= 11 is 0. The lowest BCUT2D eigenvalue weighted by atomic mass is 10.2. The molecule has 0 aliphatic heterocycles. The number of nitrogens with two attached hydrogens (primary N) is 1. The summed E-state index contributed by atoms with van der Waals surface area (Å²) in [5, 5.41) is 10.1. The fourth-order valence-electron chi connectivity index (χ4n) is 0.884. The average Bonchev–Trinajstić information content (AvgIpc) is 1.98. The zero-order chi connectivity index (χ0) is 12.9. The molecule has 0 aromatic carbocycles. The number of carbonyl (C=O) groups is 3. The maximum atomic E-state index is 11.3. The van der Waals surface area contributed by atoms with Gasteiger partial charge in [-0.2, -0.15) is 0 Å². The Labute approximate surface area is 91.7 Å². The Morgan fingerprint density at radius 3 is 2.25 bits per heavy atom. The predicted molar refractivity (Wildman–Crippen MR) is 53.2 cm³/mol. The number of carboxylic acid groups (broad SMARTS) is 1. The molecule has 8 nitrogen and oxygen atoms in total. The molecule has 0 rings (SSSR count). The Morgan fingerprint density at radius 2 is 1.88 bits per heavy atom. The second kappa shape index (κ2) is 5.45. The van der Waals surface area contributed by atoms with Crippen molar-refractivity contribution in [3.05, 3.63) is 0 Å². The molecule has 0 saturated carbocycles. The van der Waals surface area contributed by atoms with E-state index >= 15 is 0 Å². The van der Waals surface area contributed by atoms with Gasteiger partial charge in [0.05, 0.1) is 11.7 Å². The number of carboxylic acids is 1. The zero-order valence-corrected chi connectivity index (χ0v) is 9.28. The van der Waals surface area contributed by atoms with E-state index in [1.54, 1.807) is 5.32 Å². The number of primary amides is 1. The molecule has 92 valence electrons. The van der Waals surface area contributed by atoms with Gasteiger partial charge in [-0.25, -0.2) is 13.2 Å². The van der Waals surface area contributed by atoms with Crippen molar-refractivity contribution in [3.8, 4) is 0 Å². The van der Waals surface area contributed by atoms with Crippen LogP contribution in [0.5, 0.6) is 0 Å². The summed E-state index contributed by atoms with van der Waals surface area (Å²) in [6.07, 6.45) is 0. The summed E-state index contributed by atoms with van der Waals surface area (Å²) in [6, 6.07) is -1.16. The smallest absolute Gasteiger partial charge is 0.318 e. The van der Waals surface area contributed by atoms with E-state index in [0.717, 1.165) is 0 Å². The highest BCUT2D eigenvalue weighted by molar-refractivity contribution is 7.92. The minimum absolute atomic E-state index is 0.672. The van der Waals surface area contributed by atoms with Crippen LogP contribution in [-0.4, -0.2) is 42.9 Å². The molecule has 0 heterocycles. The first kappa shape index (κ1) is 14.4. The first-order chi connectivity index (χ1) is 7.14. The Bertz CT molecular complexity index is 401. The molecular weight excluding hydrogens is 240 g/mol. The standard InChI is InChI=1S/C7H12N2O6S/c1-4(6(11)12)2-16(14,15)3-5(10)9-7(8)13/h4H,2-3H2,1H3,(H,11,12)(H3,8,9,10,13). The third-order valence-electron chi connectivity index (χ3n) is 1.54. The van der Waals surface area contributed by atoms with Crippen LogP contribution >= 0.6 is 0 Å². The Kier molecular flexibility index (Phi) is 4.89. The first-order valence-electron chi connectivity index (χ1n) is 4.16. The van der Waals surface area contributed by atoms with Crippen LogP contribution in [-0.2, 0) is 19.4 Å². The van der Waals surface area contributed by atoms with Crippen LogP contribution < -0.4 is 11.1 Å². The van der Waals surface area contributed by atoms with Crippen molar-refractivity contribution in [2.45, 2.75) is 6.92 Å². The second-order valence-electron chi connectivity index (χ2n) is 3.21. The van der Waals surface area contributed by atoms with Crippen molar-refractivity contribution in [2.24, 2.45) is 11.7 Å². The highest BCUT2D eigenvalue weighted by atomic mass is 32.2. The molecule has 0 bridgehead atoms. The summed E-state index contributed by atoms with van der Waals surface area (Å²) in [5.41, 5.74) is 4.60. The van der Waals surface area contributed by atoms with Gasteiger partial charge >= 0.3 is 12.0 Å². The fourth-order valence-corrected chi connectivity index (χ4v) is 2.38. The quantitative estimate of drug-likeness (QED) is 0.533. The predicted octanol–water partition coefficient (Wildman–Crippen LogP) is -1.68. The number of amides is 3. The molecule has 0 aliphatic rings. The van der Waals surface area contributed by atoms with Gasteiger partial charge in [0.15, 0.2) is 9.84 Å². The SMILES string of the molecule is CC(CS(=O)(=O)CC(=O)NC(N)=O)C(=O)O. The number of carbonyl (C=O) groups excluding carboxylic acids is 2. The normalized spacial score (nSPS) is 12.8. The third-order valence-corrected chi connectivity index (χ3v) is 3.25. The summed E-state index contributed by atoms with van der Waals surface area (Å²) in [5.74, 6) is -5.11. The Balaban J connectivity index is 4.42. The maximum Gasteiger partial charge on any atom is 0.318 e. The summed E-state index contributed by atoms with van der Waals surface area (Å²) in [7, 11) is -3.87. The van der Waals surface area contributed by atoms with E-state index in [9.17, 15) is 22.8 Å². The van der Waals surface area contributed by atoms with Crippen LogP contribution in [0, 0.1) is 5.92 Å². The minimum Gasteiger partial charge on any atom is -0.481 e. The van der Waals surface area contributed by atoms with Gasteiger partial charge in [-0.15, -0.1) is 0 Å². The first-order valence-corrected chi connectivity index (χ1v) is 5.98. The number of aliphatic carboxylic acids is 1. The Hall–Kier alpha value is -1.64. The van der Waals surface area contributed by atoms with Crippen molar-refractivity contribution >= 4 is 27.7 Å². The highest BCUT2D eigenvalue weighted by Crippen LogP contribution is 2.02. The van der Waals surface area contributed by atoms with Crippen molar-refractivity contribution in [3.63, 3.8) is 0 Å². The van der Waals surface area contributed by atoms with Crippen molar-refractivity contribution in [1.29, 1.82) is 0 Å². The number of nitrogens with one attached hydrogen (secondary N) is 1. The lowest BCUT2D eigenvalue weighted by Gasteiger charge is -2.06. The monoisotopic (exact) mass is 252 g/mol. The molecule has 4 N–H and O–H groups in total. The van der Waals surface area contributed by atoms with Crippen molar-refractivity contribution in [1.82, 2.24) is 5.32 Å². The van der Waals surface area contributed by atoms with Crippen LogP contribution in [0.25, 0.3) is 0 Å². The van der Waals surface area contributed by atoms with E-state index in [4.69, 9.17) is 5.11 Å². The maximum absolute atomic E-state index is 11.3. The van der Waals surface area contributed by atoms with Gasteiger partial charge in [0.1, 0.15) is 5.75 Å². The minimum atomic E-state index is -3.87. The lowest BCUT2D eigenvalue weighted by Crippen LogP contribution is -2.39. The van der Waals surface area contributed by atoms with Crippen molar-refractivity contribution < 1.29 is 27.9 Å². The van der Waals surface area contributed by atoms with Gasteiger partial charge in [0.25, 0.3) is 0 Å². The van der Waals surface area contributed by atoms with Crippen LogP contribution in [0.15, 0.2) is 0 Å². The number of sulfone groups is 1. The van der Waals surface area contributed by atoms with Crippen LogP contribution in [0.1, 0.15) is 6.92 Å². The van der Waals surface area contributed by atoms with E-state index in [-0.39, 0.29) is 0 Å². The molecule has 9 heteroatoms. The number of hydrogen-bond donors (Lipinski definition) is 3. The average molecular weight is 252 g/mol. The van der Waals surface area contributed by atoms with E-state index in [0.29, 0.717) is 0 Å². The second-order valence-corrected chi connectivity index (χ2v) is 5.32. The summed E-state index contributed by atoms with van der Waals surface area (Å²) in [4.78, 5) is 31.5. The molecule has 16 heavy (non-hydrogen) atoms. The summed E-state index contributed by atoms with van der Waals surface area (Å²) in [6.45, 7) is 1.20. The summed E-state index contributed by atoms with van der Waals surface area (Å²) < 4.78 is 22.5. The van der Waals surface area contributed by atoms with Gasteiger partial charge in [-0.1, -0.05) is 6.92 Å². The Morgan fingerprint density at radius 1 is 1.38 bits per heavy atom. The number of imide groups is 1. The van der Waals surface area contributed by atoms with Gasteiger partial charge < -0.3 is 10.8 Å². The molecule has 0 fully saturated rings. The van der Waals surface area contributed by atoms with Crippen LogP contribution in [0.3, 0.4) is 0 Å². The third kappa shape index (κ3) is 5.96. The zero-order valence-electron chi connectivity index (χ0n) is 8.47. The number of rotatable bonds is 5. The molecule has 0 aromatic rings. The molecule has 0 aliphatic carbocycles. The number of hydrogen-bond acceptors (Lipinski definition) is 5.